The molecule has 0 radical (unpaired) electrons. The molecule has 0 spiro atoms. The molecule has 0 aromatic heterocycles. The van der Waals surface area contributed by atoms with Crippen LogP contribution in [0.3, 0.4) is 0 Å². The van der Waals surface area contributed by atoms with E-state index >= 15 is 0 Å². The molecule has 2 aromatic carbocycles. The number of halogens is 1. The molecule has 2 unspecified atom stereocenters. The maximum Gasteiger partial charge on any atom is 0.166 e. The zero-order valence-corrected chi connectivity index (χ0v) is 11.4. The molecule has 0 aliphatic heterocycles. The summed E-state index contributed by atoms with van der Waals surface area (Å²) in [5.41, 5.74) is 3.37. The first kappa shape index (κ1) is 13.0. The van der Waals surface area contributed by atoms with Crippen LogP contribution in [0.1, 0.15) is 42.9 Å². The third-order valence-electron chi connectivity index (χ3n) is 4.08. The number of hydrogen-bond acceptors (Lipinski definition) is 2. The fraction of sp³-hybridized carbons (Fsp3) is 0.294. The van der Waals surface area contributed by atoms with Crippen LogP contribution in [0.25, 0.3) is 0 Å². The van der Waals surface area contributed by atoms with Crippen molar-refractivity contribution in [1.82, 2.24) is 0 Å². The molecule has 3 heteroatoms. The van der Waals surface area contributed by atoms with E-state index in [1.54, 1.807) is 6.07 Å². The Morgan fingerprint density at radius 2 is 1.85 bits per heavy atom. The average molecular weight is 271 g/mol. The van der Waals surface area contributed by atoms with Gasteiger partial charge in [-0.05, 0) is 42.0 Å². The van der Waals surface area contributed by atoms with Gasteiger partial charge in [0.05, 0.1) is 6.04 Å². The maximum atomic E-state index is 13.4. The Bertz CT molecular complexity index is 626. The summed E-state index contributed by atoms with van der Waals surface area (Å²) in [7, 11) is 0. The largest absolute Gasteiger partial charge is 0.505 e. The summed E-state index contributed by atoms with van der Waals surface area (Å²) >= 11 is 0. The SMILES string of the molecule is CC1CCC(Nc2ccc(O)c(F)c2)c2ccccc21. The second-order valence-electron chi connectivity index (χ2n) is 5.47. The Balaban J connectivity index is 1.88. The Labute approximate surface area is 118 Å². The van der Waals surface area contributed by atoms with E-state index < -0.39 is 5.82 Å². The molecule has 2 aromatic rings. The topological polar surface area (TPSA) is 32.3 Å². The first-order chi connectivity index (χ1) is 9.65. The first-order valence-electron chi connectivity index (χ1n) is 6.99. The molecule has 0 amide bonds. The smallest absolute Gasteiger partial charge is 0.166 e. The van der Waals surface area contributed by atoms with Crippen LogP contribution in [0.2, 0.25) is 0 Å². The first-order valence-corrected chi connectivity index (χ1v) is 6.99. The molecule has 104 valence electrons. The molecular formula is C17H18FNO. The minimum absolute atomic E-state index is 0.200. The van der Waals surface area contributed by atoms with Gasteiger partial charge in [-0.25, -0.2) is 4.39 Å². The number of benzene rings is 2. The van der Waals surface area contributed by atoms with Crippen LogP contribution >= 0.6 is 0 Å². The number of rotatable bonds is 2. The van der Waals surface area contributed by atoms with E-state index in [0.717, 1.165) is 12.8 Å². The highest BCUT2D eigenvalue weighted by Gasteiger charge is 2.24. The number of aromatic hydroxyl groups is 1. The van der Waals surface area contributed by atoms with E-state index in [0.29, 0.717) is 11.6 Å². The van der Waals surface area contributed by atoms with Gasteiger partial charge in [0, 0.05) is 11.8 Å². The van der Waals surface area contributed by atoms with Crippen molar-refractivity contribution in [2.24, 2.45) is 0 Å². The molecule has 0 bridgehead atoms. The van der Waals surface area contributed by atoms with Crippen LogP contribution < -0.4 is 5.32 Å². The molecule has 1 aliphatic rings. The van der Waals surface area contributed by atoms with Gasteiger partial charge in [-0.2, -0.15) is 0 Å². The Hall–Kier alpha value is -2.03. The van der Waals surface area contributed by atoms with Gasteiger partial charge < -0.3 is 10.4 Å². The summed E-state index contributed by atoms with van der Waals surface area (Å²) in [6, 6.07) is 13.1. The number of phenolic OH excluding ortho intramolecular Hbond substituents is 1. The van der Waals surface area contributed by atoms with E-state index in [9.17, 15) is 9.50 Å². The lowest BCUT2D eigenvalue weighted by molar-refractivity contribution is 0.432. The van der Waals surface area contributed by atoms with Gasteiger partial charge in [-0.3, -0.25) is 0 Å². The van der Waals surface area contributed by atoms with Gasteiger partial charge >= 0.3 is 0 Å². The number of fused-ring (bicyclic) bond motifs is 1. The maximum absolute atomic E-state index is 13.4. The van der Waals surface area contributed by atoms with Gasteiger partial charge in [-0.1, -0.05) is 31.2 Å². The normalized spacial score (nSPS) is 21.3. The van der Waals surface area contributed by atoms with Gasteiger partial charge in [0.15, 0.2) is 11.6 Å². The van der Waals surface area contributed by atoms with Crippen molar-refractivity contribution in [3.8, 4) is 5.75 Å². The number of anilines is 1. The van der Waals surface area contributed by atoms with E-state index in [2.05, 4.69) is 30.4 Å². The van der Waals surface area contributed by atoms with Crippen molar-refractivity contribution in [2.75, 3.05) is 5.32 Å². The zero-order valence-electron chi connectivity index (χ0n) is 11.4. The molecule has 1 aliphatic carbocycles. The predicted molar refractivity (Wildman–Crippen MR) is 78.5 cm³/mol. The predicted octanol–water partition coefficient (Wildman–Crippen LogP) is 4.58. The molecule has 2 nitrogen and oxygen atoms in total. The Morgan fingerprint density at radius 1 is 1.10 bits per heavy atom. The lowest BCUT2D eigenvalue weighted by Crippen LogP contribution is -2.19. The molecule has 3 rings (SSSR count). The van der Waals surface area contributed by atoms with E-state index in [1.807, 2.05) is 6.07 Å². The number of phenols is 1. The van der Waals surface area contributed by atoms with Crippen LogP contribution in [0.5, 0.6) is 5.75 Å². The average Bonchev–Trinajstić information content (AvgIpc) is 2.46. The van der Waals surface area contributed by atoms with Crippen molar-refractivity contribution in [2.45, 2.75) is 31.7 Å². The molecule has 20 heavy (non-hydrogen) atoms. The summed E-state index contributed by atoms with van der Waals surface area (Å²) in [5.74, 6) is -0.332. The van der Waals surface area contributed by atoms with Crippen LogP contribution in [0.4, 0.5) is 10.1 Å². The van der Waals surface area contributed by atoms with E-state index in [1.165, 1.54) is 23.3 Å². The minimum atomic E-state index is -0.590. The third-order valence-corrected chi connectivity index (χ3v) is 4.08. The highest BCUT2D eigenvalue weighted by atomic mass is 19.1. The molecule has 0 saturated heterocycles. The van der Waals surface area contributed by atoms with E-state index in [-0.39, 0.29) is 11.8 Å². The van der Waals surface area contributed by atoms with Crippen molar-refractivity contribution in [3.05, 3.63) is 59.4 Å². The van der Waals surface area contributed by atoms with E-state index in [4.69, 9.17) is 0 Å². The van der Waals surface area contributed by atoms with Crippen LogP contribution in [0.15, 0.2) is 42.5 Å². The highest BCUT2D eigenvalue weighted by molar-refractivity contribution is 5.50. The number of nitrogens with one attached hydrogen (secondary N) is 1. The van der Waals surface area contributed by atoms with Crippen molar-refractivity contribution in [3.63, 3.8) is 0 Å². The minimum Gasteiger partial charge on any atom is -0.505 e. The molecule has 0 heterocycles. The summed E-state index contributed by atoms with van der Waals surface area (Å²) in [6.07, 6.45) is 2.15. The standard InChI is InChI=1S/C17H18FNO/c1-11-6-8-16(14-5-3-2-4-13(11)14)19-12-7-9-17(20)15(18)10-12/h2-5,7,9-11,16,19-20H,6,8H2,1H3. The summed E-state index contributed by atoms with van der Waals surface area (Å²) in [5, 5.41) is 12.6. The van der Waals surface area contributed by atoms with Crippen molar-refractivity contribution in [1.29, 1.82) is 0 Å². The summed E-state index contributed by atoms with van der Waals surface area (Å²) < 4.78 is 13.4. The highest BCUT2D eigenvalue weighted by Crippen LogP contribution is 2.38. The monoisotopic (exact) mass is 271 g/mol. The Morgan fingerprint density at radius 3 is 2.60 bits per heavy atom. The second kappa shape index (κ2) is 5.16. The summed E-state index contributed by atoms with van der Waals surface area (Å²) in [6.45, 7) is 2.25. The second-order valence-corrected chi connectivity index (χ2v) is 5.47. The summed E-state index contributed by atoms with van der Waals surface area (Å²) in [4.78, 5) is 0. The van der Waals surface area contributed by atoms with Gasteiger partial charge in [0.2, 0.25) is 0 Å². The lowest BCUT2D eigenvalue weighted by Gasteiger charge is -2.31. The molecule has 0 fully saturated rings. The van der Waals surface area contributed by atoms with Crippen LogP contribution in [-0.2, 0) is 0 Å². The van der Waals surface area contributed by atoms with Gasteiger partial charge in [-0.15, -0.1) is 0 Å². The number of hydrogen-bond donors (Lipinski definition) is 2. The lowest BCUT2D eigenvalue weighted by atomic mass is 9.81. The van der Waals surface area contributed by atoms with Gasteiger partial charge in [0.1, 0.15) is 0 Å². The quantitative estimate of drug-likeness (QED) is 0.783. The molecule has 2 N–H and O–H groups in total. The van der Waals surface area contributed by atoms with Crippen molar-refractivity contribution >= 4 is 5.69 Å². The molecule has 0 saturated carbocycles. The van der Waals surface area contributed by atoms with Gasteiger partial charge in [0.25, 0.3) is 0 Å². The fourth-order valence-corrected chi connectivity index (χ4v) is 2.95. The van der Waals surface area contributed by atoms with Crippen LogP contribution in [0, 0.1) is 5.82 Å². The fourth-order valence-electron chi connectivity index (χ4n) is 2.95. The third kappa shape index (κ3) is 2.36. The molecule has 2 atom stereocenters. The molecular weight excluding hydrogens is 253 g/mol. The van der Waals surface area contributed by atoms with Crippen molar-refractivity contribution < 1.29 is 9.50 Å². The van der Waals surface area contributed by atoms with Crippen LogP contribution in [-0.4, -0.2) is 5.11 Å². The Kier molecular flexibility index (Phi) is 3.35. The zero-order chi connectivity index (χ0) is 14.1.